The van der Waals surface area contributed by atoms with Gasteiger partial charge in [0.2, 0.25) is 11.1 Å². The first-order chi connectivity index (χ1) is 7.70. The van der Waals surface area contributed by atoms with Gasteiger partial charge in [-0.1, -0.05) is 22.9 Å². The number of nitrogens with two attached hydrogens (primary N) is 1. The Balaban J connectivity index is 2.41. The van der Waals surface area contributed by atoms with Crippen molar-refractivity contribution in [2.24, 2.45) is 0 Å². The lowest BCUT2D eigenvalue weighted by atomic mass is 10.5. The molecule has 2 heterocycles. The Bertz CT molecular complexity index is 453. The molecule has 2 N–H and O–H groups in total. The van der Waals surface area contributed by atoms with E-state index in [-0.39, 0.29) is 5.95 Å². The van der Waals surface area contributed by atoms with Gasteiger partial charge in [0.1, 0.15) is 16.5 Å². The molecular weight excluding hydrogens is 248 g/mol. The van der Waals surface area contributed by atoms with Crippen LogP contribution in [0, 0.1) is 0 Å². The first kappa shape index (κ1) is 11.0. The molecule has 0 spiro atoms. The number of anilines is 3. The highest BCUT2D eigenvalue weighted by Crippen LogP contribution is 2.26. The highest BCUT2D eigenvalue weighted by Gasteiger charge is 2.13. The number of hydrogen-bond acceptors (Lipinski definition) is 7. The summed E-state index contributed by atoms with van der Waals surface area (Å²) in [5.41, 5.74) is 7.20. The molecule has 0 aromatic carbocycles. The summed E-state index contributed by atoms with van der Waals surface area (Å²) in [4.78, 5) is 9.78. The Morgan fingerprint density at radius 2 is 2.31 bits per heavy atom. The Kier molecular flexibility index (Phi) is 3.16. The minimum Gasteiger partial charge on any atom is -0.368 e. The van der Waals surface area contributed by atoms with E-state index in [1.807, 2.05) is 11.8 Å². The molecule has 84 valence electrons. The fraction of sp³-hybridized carbons (Fsp3) is 0.250. The third kappa shape index (κ3) is 2.20. The van der Waals surface area contributed by atoms with E-state index in [4.69, 9.17) is 17.3 Å². The van der Waals surface area contributed by atoms with E-state index in [0.29, 0.717) is 17.5 Å². The molecule has 0 atom stereocenters. The van der Waals surface area contributed by atoms with Gasteiger partial charge in [-0.05, 0) is 6.92 Å². The fourth-order valence-corrected chi connectivity index (χ4v) is 2.06. The molecule has 0 bridgehead atoms. The van der Waals surface area contributed by atoms with Crippen LogP contribution in [0.4, 0.5) is 16.9 Å². The smallest absolute Gasteiger partial charge is 0.223 e. The van der Waals surface area contributed by atoms with Crippen molar-refractivity contribution < 1.29 is 0 Å². The van der Waals surface area contributed by atoms with Crippen LogP contribution in [0.15, 0.2) is 11.6 Å². The number of nitrogen functional groups attached to an aromatic ring is 1. The molecule has 6 nitrogen and oxygen atoms in total. The van der Waals surface area contributed by atoms with Crippen molar-refractivity contribution in [1.29, 1.82) is 0 Å². The van der Waals surface area contributed by atoms with Gasteiger partial charge in [-0.15, -0.1) is 10.2 Å². The maximum Gasteiger partial charge on any atom is 0.223 e. The summed E-state index contributed by atoms with van der Waals surface area (Å²) in [6, 6.07) is 1.64. The third-order valence-electron chi connectivity index (χ3n) is 1.87. The van der Waals surface area contributed by atoms with E-state index in [9.17, 15) is 0 Å². The van der Waals surface area contributed by atoms with Crippen molar-refractivity contribution in [3.8, 4) is 0 Å². The third-order valence-corrected chi connectivity index (χ3v) is 2.78. The SMILES string of the molecule is CCN(c1cc(Cl)nc(N)n1)c1nncs1. The van der Waals surface area contributed by atoms with Crippen molar-refractivity contribution in [2.45, 2.75) is 6.92 Å². The summed E-state index contributed by atoms with van der Waals surface area (Å²) in [5, 5.41) is 8.81. The molecule has 8 heteroatoms. The van der Waals surface area contributed by atoms with Gasteiger partial charge in [-0.3, -0.25) is 0 Å². The highest BCUT2D eigenvalue weighted by atomic mass is 35.5. The van der Waals surface area contributed by atoms with Gasteiger partial charge >= 0.3 is 0 Å². The summed E-state index contributed by atoms with van der Waals surface area (Å²) in [7, 11) is 0. The van der Waals surface area contributed by atoms with E-state index >= 15 is 0 Å². The van der Waals surface area contributed by atoms with Crippen LogP contribution in [-0.4, -0.2) is 26.7 Å². The lowest BCUT2D eigenvalue weighted by Gasteiger charge is -2.17. The minimum absolute atomic E-state index is 0.144. The molecule has 0 amide bonds. The summed E-state index contributed by atoms with van der Waals surface area (Å²) in [6.45, 7) is 2.68. The monoisotopic (exact) mass is 256 g/mol. The molecule has 0 saturated carbocycles. The van der Waals surface area contributed by atoms with E-state index in [2.05, 4.69) is 20.2 Å². The van der Waals surface area contributed by atoms with E-state index in [0.717, 1.165) is 5.13 Å². The lowest BCUT2D eigenvalue weighted by Crippen LogP contribution is -2.18. The topological polar surface area (TPSA) is 80.8 Å². The van der Waals surface area contributed by atoms with Gasteiger partial charge in [0.05, 0.1) is 0 Å². The van der Waals surface area contributed by atoms with Crippen LogP contribution < -0.4 is 10.6 Å². The molecule has 0 unspecified atom stereocenters. The van der Waals surface area contributed by atoms with Gasteiger partial charge in [0, 0.05) is 12.6 Å². The first-order valence-electron chi connectivity index (χ1n) is 4.54. The number of rotatable bonds is 3. The Morgan fingerprint density at radius 1 is 1.50 bits per heavy atom. The van der Waals surface area contributed by atoms with Gasteiger partial charge in [0.25, 0.3) is 0 Å². The Hall–Kier alpha value is -1.47. The van der Waals surface area contributed by atoms with Crippen LogP contribution in [0.25, 0.3) is 0 Å². The first-order valence-corrected chi connectivity index (χ1v) is 5.80. The van der Waals surface area contributed by atoms with Crippen LogP contribution in [0.5, 0.6) is 0 Å². The molecule has 2 rings (SSSR count). The van der Waals surface area contributed by atoms with Gasteiger partial charge in [0.15, 0.2) is 0 Å². The zero-order chi connectivity index (χ0) is 11.5. The van der Waals surface area contributed by atoms with Crippen LogP contribution in [-0.2, 0) is 0 Å². The largest absolute Gasteiger partial charge is 0.368 e. The van der Waals surface area contributed by atoms with E-state index in [1.54, 1.807) is 11.6 Å². The van der Waals surface area contributed by atoms with Crippen LogP contribution >= 0.6 is 22.9 Å². The molecule has 0 aliphatic rings. The highest BCUT2D eigenvalue weighted by molar-refractivity contribution is 7.13. The molecule has 0 aliphatic heterocycles. The second-order valence-corrected chi connectivity index (χ2v) is 4.07. The van der Waals surface area contributed by atoms with Gasteiger partial charge in [-0.25, -0.2) is 4.98 Å². The van der Waals surface area contributed by atoms with Crippen LogP contribution in [0.3, 0.4) is 0 Å². The second-order valence-electron chi connectivity index (χ2n) is 2.87. The fourth-order valence-electron chi connectivity index (χ4n) is 1.24. The molecule has 0 radical (unpaired) electrons. The van der Waals surface area contributed by atoms with Crippen molar-refractivity contribution in [3.05, 3.63) is 16.7 Å². The minimum atomic E-state index is 0.144. The summed E-state index contributed by atoms with van der Waals surface area (Å²) in [6.07, 6.45) is 0. The zero-order valence-corrected chi connectivity index (χ0v) is 10.0. The molecule has 0 saturated heterocycles. The number of hydrogen-bond donors (Lipinski definition) is 1. The Labute approximate surface area is 101 Å². The molecule has 0 aliphatic carbocycles. The lowest BCUT2D eigenvalue weighted by molar-refractivity contribution is 0.944. The van der Waals surface area contributed by atoms with E-state index < -0.39 is 0 Å². The maximum atomic E-state index is 5.82. The van der Waals surface area contributed by atoms with Crippen LogP contribution in [0.2, 0.25) is 5.15 Å². The number of nitrogens with zero attached hydrogens (tertiary/aromatic N) is 5. The van der Waals surface area contributed by atoms with Gasteiger partial charge < -0.3 is 10.6 Å². The summed E-state index contributed by atoms with van der Waals surface area (Å²) in [5.74, 6) is 0.766. The quantitative estimate of drug-likeness (QED) is 0.843. The number of aromatic nitrogens is 4. The van der Waals surface area contributed by atoms with Crippen LogP contribution in [0.1, 0.15) is 6.92 Å². The molecule has 2 aromatic heterocycles. The average molecular weight is 257 g/mol. The maximum absolute atomic E-state index is 5.82. The predicted octanol–water partition coefficient (Wildman–Crippen LogP) is 1.72. The molecule has 16 heavy (non-hydrogen) atoms. The van der Waals surface area contributed by atoms with E-state index in [1.165, 1.54) is 11.3 Å². The van der Waals surface area contributed by atoms with Crippen molar-refractivity contribution in [3.63, 3.8) is 0 Å². The van der Waals surface area contributed by atoms with Crippen molar-refractivity contribution >= 4 is 39.8 Å². The predicted molar refractivity (Wildman–Crippen MR) is 64.0 cm³/mol. The van der Waals surface area contributed by atoms with Crippen molar-refractivity contribution in [2.75, 3.05) is 17.2 Å². The normalized spacial score (nSPS) is 10.4. The standard InChI is InChI=1S/C8H9ClN6S/c1-2-15(8-14-11-4-16-8)6-3-5(9)12-7(10)13-6/h3-4H,2H2,1H3,(H2,10,12,13). The molecule has 2 aromatic rings. The summed E-state index contributed by atoms with van der Waals surface area (Å²) < 4.78 is 0. The molecular formula is C8H9ClN6S. The average Bonchev–Trinajstić information content (AvgIpc) is 2.70. The zero-order valence-electron chi connectivity index (χ0n) is 8.46. The summed E-state index contributed by atoms with van der Waals surface area (Å²) >= 11 is 7.24. The second kappa shape index (κ2) is 4.58. The van der Waals surface area contributed by atoms with Gasteiger partial charge in [-0.2, -0.15) is 4.98 Å². The van der Waals surface area contributed by atoms with Crippen molar-refractivity contribution in [1.82, 2.24) is 20.2 Å². The number of halogens is 1. The Morgan fingerprint density at radius 3 is 2.88 bits per heavy atom. The molecule has 0 fully saturated rings.